The Hall–Kier alpha value is -3.59. The molecule has 0 saturated carbocycles. The fourth-order valence-corrected chi connectivity index (χ4v) is 10.5. The van der Waals surface area contributed by atoms with Crippen LogP contribution in [0.2, 0.25) is 0 Å². The molecule has 0 aliphatic heterocycles. The maximum Gasteiger partial charge on any atom is 0.472 e. The number of carbonyl (C=O) groups excluding carboxylic acids is 2. The molecule has 0 aromatic heterocycles. The Bertz CT molecular complexity index is 1810. The zero-order valence-corrected chi connectivity index (χ0v) is 55.7. The van der Waals surface area contributed by atoms with E-state index in [9.17, 15) is 19.0 Å². The first kappa shape index (κ1) is 81.4. The van der Waals surface area contributed by atoms with Gasteiger partial charge in [-0.1, -0.05) is 309 Å². The highest BCUT2D eigenvalue weighted by Gasteiger charge is 2.26. The number of rotatable bonds is 65. The van der Waals surface area contributed by atoms with Crippen molar-refractivity contribution in [1.82, 2.24) is 0 Å². The second-order valence-electron chi connectivity index (χ2n) is 23.0. The van der Waals surface area contributed by atoms with Crippen molar-refractivity contribution in [3.63, 3.8) is 0 Å². The van der Waals surface area contributed by atoms with Crippen molar-refractivity contribution in [3.05, 3.63) is 122 Å². The average molecular weight is 1200 g/mol. The molecule has 0 fully saturated rings. The first-order chi connectivity index (χ1) is 41.8. The summed E-state index contributed by atoms with van der Waals surface area (Å²) in [6.07, 6.45) is 97.1. The van der Waals surface area contributed by atoms with Gasteiger partial charge < -0.3 is 20.1 Å². The minimum Gasteiger partial charge on any atom is -0.462 e. The SMILES string of the molecule is CC/C=C\C/C=C\C/C=C\C/C=C\C/C=C\C/C=C\C/C=C\C/C=C\CCCCCCCCCCCCCCCCC(=O)OC(COC(=O)CCCCCCCCCCCCCCC/C=C\C/C=C\CCCCCCC)COP(=O)(O)OCCN. The van der Waals surface area contributed by atoms with Crippen LogP contribution in [0, 0.1) is 0 Å². The van der Waals surface area contributed by atoms with E-state index >= 15 is 0 Å². The monoisotopic (exact) mass is 1200 g/mol. The minimum atomic E-state index is -4.40. The third kappa shape index (κ3) is 69.4. The summed E-state index contributed by atoms with van der Waals surface area (Å²) in [6, 6.07) is 0. The molecule has 0 heterocycles. The van der Waals surface area contributed by atoms with Crippen LogP contribution in [0.25, 0.3) is 0 Å². The van der Waals surface area contributed by atoms with E-state index < -0.39 is 26.5 Å². The number of hydrogen-bond donors (Lipinski definition) is 2. The van der Waals surface area contributed by atoms with Crippen molar-refractivity contribution >= 4 is 19.8 Å². The molecular formula is C75H130NO8P. The van der Waals surface area contributed by atoms with Gasteiger partial charge >= 0.3 is 19.8 Å². The van der Waals surface area contributed by atoms with E-state index in [-0.39, 0.29) is 38.6 Å². The third-order valence-electron chi connectivity index (χ3n) is 14.8. The quantitative estimate of drug-likeness (QED) is 0.0264. The molecule has 488 valence electrons. The second kappa shape index (κ2) is 69.5. The number of carbonyl (C=O) groups is 2. The molecule has 0 saturated heterocycles. The highest BCUT2D eigenvalue weighted by molar-refractivity contribution is 7.47. The summed E-state index contributed by atoms with van der Waals surface area (Å²) < 4.78 is 33.2. The summed E-state index contributed by atoms with van der Waals surface area (Å²) >= 11 is 0. The molecule has 0 aromatic rings. The van der Waals surface area contributed by atoms with Crippen LogP contribution < -0.4 is 5.73 Å². The molecule has 3 N–H and O–H groups in total. The lowest BCUT2D eigenvalue weighted by Gasteiger charge is -2.19. The molecule has 2 unspecified atom stereocenters. The van der Waals surface area contributed by atoms with Gasteiger partial charge in [0.05, 0.1) is 13.2 Å². The molecule has 0 radical (unpaired) electrons. The highest BCUT2D eigenvalue weighted by atomic mass is 31.2. The van der Waals surface area contributed by atoms with Gasteiger partial charge in [-0.2, -0.15) is 0 Å². The molecule has 0 aromatic carbocycles. The number of hydrogen-bond acceptors (Lipinski definition) is 8. The van der Waals surface area contributed by atoms with Gasteiger partial charge in [-0.3, -0.25) is 18.6 Å². The van der Waals surface area contributed by atoms with Gasteiger partial charge in [0.1, 0.15) is 6.61 Å². The molecule has 0 spiro atoms. The predicted molar refractivity (Wildman–Crippen MR) is 367 cm³/mol. The number of ether oxygens (including phenoxy) is 2. The van der Waals surface area contributed by atoms with Gasteiger partial charge in [0.2, 0.25) is 0 Å². The van der Waals surface area contributed by atoms with Crippen molar-refractivity contribution in [2.24, 2.45) is 5.73 Å². The topological polar surface area (TPSA) is 134 Å². The van der Waals surface area contributed by atoms with Crippen LogP contribution in [0.1, 0.15) is 309 Å². The summed E-state index contributed by atoms with van der Waals surface area (Å²) in [6.45, 7) is 3.64. The Morgan fingerprint density at radius 2 is 0.647 bits per heavy atom. The summed E-state index contributed by atoms with van der Waals surface area (Å²) in [5.74, 6) is -0.824. The summed E-state index contributed by atoms with van der Waals surface area (Å²) in [4.78, 5) is 35.4. The first-order valence-corrected chi connectivity index (χ1v) is 36.5. The van der Waals surface area contributed by atoms with E-state index in [4.69, 9.17) is 24.3 Å². The zero-order chi connectivity index (χ0) is 61.6. The van der Waals surface area contributed by atoms with E-state index in [1.165, 1.54) is 180 Å². The van der Waals surface area contributed by atoms with Gasteiger partial charge in [0.15, 0.2) is 6.10 Å². The Morgan fingerprint density at radius 3 is 0.965 bits per heavy atom. The van der Waals surface area contributed by atoms with Crippen molar-refractivity contribution in [1.29, 1.82) is 0 Å². The van der Waals surface area contributed by atoms with Crippen LogP contribution in [-0.2, 0) is 32.7 Å². The predicted octanol–water partition coefficient (Wildman–Crippen LogP) is 23.1. The minimum absolute atomic E-state index is 0.0498. The highest BCUT2D eigenvalue weighted by Crippen LogP contribution is 2.43. The Balaban J connectivity index is 3.90. The van der Waals surface area contributed by atoms with Gasteiger partial charge in [0.25, 0.3) is 0 Å². The fraction of sp³-hybridized carbons (Fsp3) is 0.707. The van der Waals surface area contributed by atoms with Crippen molar-refractivity contribution in [3.8, 4) is 0 Å². The molecule has 0 aliphatic carbocycles. The van der Waals surface area contributed by atoms with Crippen molar-refractivity contribution in [2.45, 2.75) is 315 Å². The summed E-state index contributed by atoms with van der Waals surface area (Å²) in [7, 11) is -4.40. The number of nitrogens with two attached hydrogens (primary N) is 1. The number of phosphoric acid groups is 1. The molecule has 9 nitrogen and oxygen atoms in total. The number of esters is 2. The van der Waals surface area contributed by atoms with Gasteiger partial charge in [-0.15, -0.1) is 0 Å². The standard InChI is InChI=1S/C75H130NO8P/c1-3-5-7-9-11-13-15-17-19-21-23-25-27-29-30-31-32-33-34-35-36-37-38-39-40-41-42-44-46-48-50-52-54-56-58-60-62-64-66-68-75(78)84-73(72-83-85(79,80)82-70-69-76)71-81-74(77)67-65-63-61-59-57-55-53-51-49-47-45-43-28-26-24-22-20-18-16-14-12-10-8-6-4-2/h5,7,11,13,16-19,22-25,29-30,32-33,35-36,38-39,73H,3-4,6,8-10,12,14-15,20-21,26-28,31,34,37,40-72,76H2,1-2H3,(H,79,80)/b7-5-,13-11-,18-16-,19-17-,24-22-,25-23-,30-29-,33-32-,36-35-,39-38-. The van der Waals surface area contributed by atoms with E-state index in [1.54, 1.807) is 0 Å². The molecule has 85 heavy (non-hydrogen) atoms. The van der Waals surface area contributed by atoms with Crippen LogP contribution in [0.15, 0.2) is 122 Å². The largest absolute Gasteiger partial charge is 0.472 e. The molecule has 0 bridgehead atoms. The Labute approximate surface area is 523 Å². The molecule has 2 atom stereocenters. The molecule has 10 heteroatoms. The van der Waals surface area contributed by atoms with Gasteiger partial charge in [0, 0.05) is 19.4 Å². The molecule has 0 amide bonds. The van der Waals surface area contributed by atoms with E-state index in [1.807, 2.05) is 0 Å². The van der Waals surface area contributed by atoms with Crippen LogP contribution in [0.4, 0.5) is 0 Å². The first-order valence-electron chi connectivity index (χ1n) is 35.0. The number of unbranched alkanes of at least 4 members (excludes halogenated alkanes) is 32. The van der Waals surface area contributed by atoms with E-state index in [0.717, 1.165) is 96.3 Å². The molecule has 0 aliphatic rings. The van der Waals surface area contributed by atoms with Crippen molar-refractivity contribution < 1.29 is 37.6 Å². The third-order valence-corrected chi connectivity index (χ3v) is 15.8. The Kier molecular flexibility index (Phi) is 66.6. The zero-order valence-electron chi connectivity index (χ0n) is 54.8. The number of allylic oxidation sites excluding steroid dienone is 20. The van der Waals surface area contributed by atoms with Crippen molar-refractivity contribution in [2.75, 3.05) is 26.4 Å². The maximum atomic E-state index is 12.8. The lowest BCUT2D eigenvalue weighted by atomic mass is 10.0. The summed E-state index contributed by atoms with van der Waals surface area (Å²) in [5, 5.41) is 0. The second-order valence-corrected chi connectivity index (χ2v) is 24.5. The lowest BCUT2D eigenvalue weighted by Crippen LogP contribution is -2.29. The number of phosphoric ester groups is 1. The fourth-order valence-electron chi connectivity index (χ4n) is 9.68. The normalized spacial score (nSPS) is 13.7. The average Bonchev–Trinajstić information content (AvgIpc) is 3.53. The maximum absolute atomic E-state index is 12.8. The van der Waals surface area contributed by atoms with Crippen LogP contribution in [-0.4, -0.2) is 49.3 Å². The summed E-state index contributed by atoms with van der Waals surface area (Å²) in [5.41, 5.74) is 5.40. The van der Waals surface area contributed by atoms with E-state index in [2.05, 4.69) is 135 Å². The molecular weight excluding hydrogens is 1070 g/mol. The van der Waals surface area contributed by atoms with Gasteiger partial charge in [-0.25, -0.2) is 4.57 Å². The van der Waals surface area contributed by atoms with Gasteiger partial charge in [-0.05, 0) is 109 Å². The van der Waals surface area contributed by atoms with E-state index in [0.29, 0.717) is 6.42 Å². The van der Waals surface area contributed by atoms with Crippen LogP contribution >= 0.6 is 7.82 Å². The van der Waals surface area contributed by atoms with Crippen LogP contribution in [0.5, 0.6) is 0 Å². The van der Waals surface area contributed by atoms with Crippen LogP contribution in [0.3, 0.4) is 0 Å². The lowest BCUT2D eigenvalue weighted by molar-refractivity contribution is -0.161. The molecule has 0 rings (SSSR count). The smallest absolute Gasteiger partial charge is 0.462 e. The Morgan fingerprint density at radius 1 is 0.365 bits per heavy atom.